The van der Waals surface area contributed by atoms with Crippen molar-refractivity contribution in [3.63, 3.8) is 0 Å². The van der Waals surface area contributed by atoms with Crippen molar-refractivity contribution in [2.24, 2.45) is 10.9 Å². The first-order valence-electron chi connectivity index (χ1n) is 6.91. The molecule has 1 atom stereocenters. The molecular formula is C16H17N3O3S. The number of benzene rings is 1. The third kappa shape index (κ3) is 4.65. The Kier molecular flexibility index (Phi) is 5.48. The van der Waals surface area contributed by atoms with E-state index in [0.717, 1.165) is 5.56 Å². The van der Waals surface area contributed by atoms with Crippen LogP contribution in [0.25, 0.3) is 0 Å². The molecule has 1 heterocycles. The fourth-order valence-electron chi connectivity index (χ4n) is 1.68. The molecule has 1 unspecified atom stereocenters. The molecule has 1 aromatic heterocycles. The largest absolute Gasteiger partial charge is 0.381 e. The quantitative estimate of drug-likeness (QED) is 0.368. The van der Waals surface area contributed by atoms with E-state index in [-0.39, 0.29) is 17.5 Å². The van der Waals surface area contributed by atoms with Crippen LogP contribution in [-0.4, -0.2) is 23.6 Å². The number of amidine groups is 1. The molecule has 1 aromatic carbocycles. The standard InChI is InChI=1S/C16H17N3O3S/c1-10(20)12-3-5-14(6-4-12)18-16(21)11(2)22-19-15(17)13-7-8-23-9-13/h3-9,11H,1-2H3,(H2,17,19)(H,18,21). The lowest BCUT2D eigenvalue weighted by Gasteiger charge is -2.11. The van der Waals surface area contributed by atoms with Crippen molar-refractivity contribution in [3.05, 3.63) is 52.2 Å². The summed E-state index contributed by atoms with van der Waals surface area (Å²) in [5, 5.41) is 10.2. The van der Waals surface area contributed by atoms with Gasteiger partial charge >= 0.3 is 0 Å². The number of oxime groups is 1. The average Bonchev–Trinajstić information content (AvgIpc) is 3.07. The Morgan fingerprint density at radius 2 is 1.91 bits per heavy atom. The maximum atomic E-state index is 12.0. The Morgan fingerprint density at radius 3 is 2.48 bits per heavy atom. The van der Waals surface area contributed by atoms with Gasteiger partial charge < -0.3 is 15.9 Å². The lowest BCUT2D eigenvalue weighted by Crippen LogP contribution is -2.27. The Balaban J connectivity index is 1.92. The minimum atomic E-state index is -0.806. The highest BCUT2D eigenvalue weighted by atomic mass is 32.1. The number of carbonyl (C=O) groups excluding carboxylic acids is 2. The van der Waals surface area contributed by atoms with Crippen molar-refractivity contribution in [2.75, 3.05) is 5.32 Å². The number of ketones is 1. The number of thiophene rings is 1. The van der Waals surface area contributed by atoms with Crippen LogP contribution in [-0.2, 0) is 9.63 Å². The Bertz CT molecular complexity index is 709. The van der Waals surface area contributed by atoms with E-state index in [4.69, 9.17) is 10.6 Å². The van der Waals surface area contributed by atoms with Gasteiger partial charge in [-0.15, -0.1) is 0 Å². The molecule has 23 heavy (non-hydrogen) atoms. The predicted octanol–water partition coefficient (Wildman–Crippen LogP) is 2.61. The zero-order valence-corrected chi connectivity index (χ0v) is 13.6. The number of carbonyl (C=O) groups is 2. The molecule has 1 amide bonds. The Labute approximate surface area is 137 Å². The van der Waals surface area contributed by atoms with E-state index in [1.165, 1.54) is 18.3 Å². The molecule has 6 nitrogen and oxygen atoms in total. The van der Waals surface area contributed by atoms with E-state index in [1.54, 1.807) is 31.2 Å². The van der Waals surface area contributed by atoms with Crippen LogP contribution >= 0.6 is 11.3 Å². The molecule has 7 heteroatoms. The normalized spacial score (nSPS) is 12.5. The van der Waals surface area contributed by atoms with Gasteiger partial charge in [0, 0.05) is 22.2 Å². The van der Waals surface area contributed by atoms with Crippen LogP contribution in [0, 0.1) is 0 Å². The number of amides is 1. The van der Waals surface area contributed by atoms with Crippen LogP contribution in [0.2, 0.25) is 0 Å². The van der Waals surface area contributed by atoms with E-state index in [2.05, 4.69) is 10.5 Å². The molecule has 0 saturated carbocycles. The summed E-state index contributed by atoms with van der Waals surface area (Å²) >= 11 is 1.49. The van der Waals surface area contributed by atoms with E-state index < -0.39 is 6.10 Å². The molecule has 0 fully saturated rings. The van der Waals surface area contributed by atoms with Gasteiger partial charge in [0.25, 0.3) is 5.91 Å². The van der Waals surface area contributed by atoms with Gasteiger partial charge in [-0.2, -0.15) is 11.3 Å². The van der Waals surface area contributed by atoms with Gasteiger partial charge in [0.2, 0.25) is 6.10 Å². The van der Waals surface area contributed by atoms with Crippen LogP contribution in [0.5, 0.6) is 0 Å². The van der Waals surface area contributed by atoms with Gasteiger partial charge in [-0.05, 0) is 49.6 Å². The number of hydrogen-bond acceptors (Lipinski definition) is 5. The molecule has 0 radical (unpaired) electrons. The topological polar surface area (TPSA) is 93.8 Å². The van der Waals surface area contributed by atoms with Crippen LogP contribution in [0.15, 0.2) is 46.2 Å². The first kappa shape index (κ1) is 16.7. The van der Waals surface area contributed by atoms with Crippen LogP contribution in [0.1, 0.15) is 29.8 Å². The van der Waals surface area contributed by atoms with Crippen LogP contribution < -0.4 is 11.1 Å². The van der Waals surface area contributed by atoms with E-state index >= 15 is 0 Å². The average molecular weight is 331 g/mol. The minimum absolute atomic E-state index is 0.0298. The summed E-state index contributed by atoms with van der Waals surface area (Å²) < 4.78 is 0. The summed E-state index contributed by atoms with van der Waals surface area (Å²) in [6.45, 7) is 3.06. The van der Waals surface area contributed by atoms with Gasteiger partial charge in [0.15, 0.2) is 11.6 Å². The first-order chi connectivity index (χ1) is 11.0. The second kappa shape index (κ2) is 7.55. The fraction of sp³-hybridized carbons (Fsp3) is 0.188. The molecule has 0 saturated heterocycles. The van der Waals surface area contributed by atoms with E-state index in [0.29, 0.717) is 11.3 Å². The highest BCUT2D eigenvalue weighted by Crippen LogP contribution is 2.11. The van der Waals surface area contributed by atoms with E-state index in [9.17, 15) is 9.59 Å². The molecule has 0 aliphatic rings. The number of nitrogens with two attached hydrogens (primary N) is 1. The van der Waals surface area contributed by atoms with Gasteiger partial charge in [-0.1, -0.05) is 5.16 Å². The van der Waals surface area contributed by atoms with Crippen molar-refractivity contribution in [2.45, 2.75) is 20.0 Å². The number of nitrogens with zero attached hydrogens (tertiary/aromatic N) is 1. The monoisotopic (exact) mass is 331 g/mol. The number of Topliss-reactive ketones (excluding diaryl/α,β-unsaturated/α-hetero) is 1. The summed E-state index contributed by atoms with van der Waals surface area (Å²) in [4.78, 5) is 28.3. The second-order valence-corrected chi connectivity index (χ2v) is 5.64. The number of hydrogen-bond donors (Lipinski definition) is 2. The molecule has 120 valence electrons. The summed E-state index contributed by atoms with van der Waals surface area (Å²) in [5.74, 6) is -0.169. The zero-order valence-electron chi connectivity index (χ0n) is 12.8. The SMILES string of the molecule is CC(=O)c1ccc(NC(=O)C(C)O/N=C(/N)c2ccsc2)cc1. The lowest BCUT2D eigenvalue weighted by molar-refractivity contribution is -0.126. The molecule has 0 aliphatic carbocycles. The molecule has 2 rings (SSSR count). The number of nitrogens with one attached hydrogen (secondary N) is 1. The van der Waals surface area contributed by atoms with Gasteiger partial charge in [-0.3, -0.25) is 9.59 Å². The van der Waals surface area contributed by atoms with Crippen molar-refractivity contribution in [1.82, 2.24) is 0 Å². The van der Waals surface area contributed by atoms with Crippen molar-refractivity contribution in [1.29, 1.82) is 0 Å². The van der Waals surface area contributed by atoms with E-state index in [1.807, 2.05) is 16.8 Å². The third-order valence-corrected chi connectivity index (χ3v) is 3.74. The molecule has 0 aliphatic heterocycles. The van der Waals surface area contributed by atoms with Crippen molar-refractivity contribution in [3.8, 4) is 0 Å². The molecule has 0 spiro atoms. The predicted molar refractivity (Wildman–Crippen MR) is 90.7 cm³/mol. The summed E-state index contributed by atoms with van der Waals surface area (Å²) in [5.41, 5.74) is 7.66. The smallest absolute Gasteiger partial charge is 0.267 e. The summed E-state index contributed by atoms with van der Waals surface area (Å²) in [6, 6.07) is 8.43. The summed E-state index contributed by atoms with van der Waals surface area (Å²) in [6.07, 6.45) is -0.806. The fourth-order valence-corrected chi connectivity index (χ4v) is 2.33. The molecule has 0 bridgehead atoms. The van der Waals surface area contributed by atoms with Crippen molar-refractivity contribution >= 4 is 34.6 Å². The number of anilines is 1. The van der Waals surface area contributed by atoms with Gasteiger partial charge in [0.05, 0.1) is 0 Å². The highest BCUT2D eigenvalue weighted by Gasteiger charge is 2.15. The zero-order chi connectivity index (χ0) is 16.8. The van der Waals surface area contributed by atoms with Crippen LogP contribution in [0.3, 0.4) is 0 Å². The number of rotatable bonds is 6. The lowest BCUT2D eigenvalue weighted by atomic mass is 10.1. The molecule has 3 N–H and O–H groups in total. The highest BCUT2D eigenvalue weighted by molar-refractivity contribution is 7.08. The maximum absolute atomic E-state index is 12.0. The third-order valence-electron chi connectivity index (χ3n) is 3.05. The van der Waals surface area contributed by atoms with Gasteiger partial charge in [-0.25, -0.2) is 0 Å². The Morgan fingerprint density at radius 1 is 1.22 bits per heavy atom. The molecular weight excluding hydrogens is 314 g/mol. The molecule has 2 aromatic rings. The van der Waals surface area contributed by atoms with Crippen LogP contribution in [0.4, 0.5) is 5.69 Å². The summed E-state index contributed by atoms with van der Waals surface area (Å²) in [7, 11) is 0. The minimum Gasteiger partial charge on any atom is -0.381 e. The van der Waals surface area contributed by atoms with Gasteiger partial charge in [0.1, 0.15) is 0 Å². The Hall–Kier alpha value is -2.67. The maximum Gasteiger partial charge on any atom is 0.267 e. The second-order valence-electron chi connectivity index (χ2n) is 4.86. The first-order valence-corrected chi connectivity index (χ1v) is 7.85. The van der Waals surface area contributed by atoms with Crippen molar-refractivity contribution < 1.29 is 14.4 Å².